The fraction of sp³-hybridized carbons (Fsp3) is 0.400. The Morgan fingerprint density at radius 3 is 2.16 bits per heavy atom. The van der Waals surface area contributed by atoms with Crippen molar-refractivity contribution < 1.29 is 8.42 Å². The van der Waals surface area contributed by atoms with Crippen molar-refractivity contribution in [3.63, 3.8) is 0 Å². The molecule has 1 aliphatic heterocycles. The lowest BCUT2D eigenvalue weighted by atomic mass is 10.1. The molecule has 1 saturated heterocycles. The largest absolute Gasteiger partial charge is 0.369 e. The molecule has 25 heavy (non-hydrogen) atoms. The maximum Gasteiger partial charge on any atom is 0.218 e. The normalized spacial score (nSPS) is 16.2. The van der Waals surface area contributed by atoms with Crippen molar-refractivity contribution in [2.75, 3.05) is 31.1 Å². The van der Waals surface area contributed by atoms with Gasteiger partial charge in [0.05, 0.1) is 5.75 Å². The van der Waals surface area contributed by atoms with Gasteiger partial charge < -0.3 is 4.90 Å². The lowest BCUT2D eigenvalue weighted by Crippen LogP contribution is -2.49. The molecule has 0 amide bonds. The van der Waals surface area contributed by atoms with Crippen LogP contribution in [0.15, 0.2) is 42.5 Å². The van der Waals surface area contributed by atoms with E-state index in [4.69, 9.17) is 0 Å². The number of hydrogen-bond acceptors (Lipinski definition) is 3. The summed E-state index contributed by atoms with van der Waals surface area (Å²) >= 11 is 0. The quantitative estimate of drug-likeness (QED) is 0.842. The SMILES string of the molecule is Cc1ccccc1CS(=O)(=O)N1CCN(c2cccc(C)c2C)CC1. The zero-order valence-electron chi connectivity index (χ0n) is 15.2. The highest BCUT2D eigenvalue weighted by molar-refractivity contribution is 7.88. The minimum atomic E-state index is -3.28. The molecule has 0 radical (unpaired) electrons. The van der Waals surface area contributed by atoms with Crippen LogP contribution in [-0.4, -0.2) is 38.9 Å². The van der Waals surface area contributed by atoms with Gasteiger partial charge in [-0.25, -0.2) is 8.42 Å². The first-order chi connectivity index (χ1) is 11.9. The summed E-state index contributed by atoms with van der Waals surface area (Å²) in [6, 6.07) is 14.0. The smallest absolute Gasteiger partial charge is 0.218 e. The summed E-state index contributed by atoms with van der Waals surface area (Å²) in [4.78, 5) is 2.29. The van der Waals surface area contributed by atoms with Gasteiger partial charge >= 0.3 is 0 Å². The van der Waals surface area contributed by atoms with Crippen LogP contribution in [0.25, 0.3) is 0 Å². The average molecular weight is 359 g/mol. The number of nitrogens with zero attached hydrogens (tertiary/aromatic N) is 2. The fourth-order valence-corrected chi connectivity index (χ4v) is 4.96. The van der Waals surface area contributed by atoms with Gasteiger partial charge in [-0.05, 0) is 49.1 Å². The van der Waals surface area contributed by atoms with Gasteiger partial charge in [0.2, 0.25) is 10.0 Å². The number of piperazine rings is 1. The number of aryl methyl sites for hydroxylation is 2. The molecule has 0 saturated carbocycles. The van der Waals surface area contributed by atoms with Crippen molar-refractivity contribution in [1.29, 1.82) is 0 Å². The van der Waals surface area contributed by atoms with E-state index in [0.717, 1.165) is 24.2 Å². The second-order valence-electron chi connectivity index (χ2n) is 6.79. The number of benzene rings is 2. The van der Waals surface area contributed by atoms with Crippen molar-refractivity contribution in [2.24, 2.45) is 0 Å². The van der Waals surface area contributed by atoms with E-state index in [2.05, 4.69) is 36.9 Å². The van der Waals surface area contributed by atoms with Gasteiger partial charge in [-0.1, -0.05) is 36.4 Å². The van der Waals surface area contributed by atoms with Crippen LogP contribution in [0, 0.1) is 20.8 Å². The summed E-state index contributed by atoms with van der Waals surface area (Å²) in [6.45, 7) is 8.76. The fourth-order valence-electron chi connectivity index (χ4n) is 3.35. The highest BCUT2D eigenvalue weighted by Gasteiger charge is 2.28. The maximum atomic E-state index is 12.8. The lowest BCUT2D eigenvalue weighted by molar-refractivity contribution is 0.384. The van der Waals surface area contributed by atoms with Crippen LogP contribution in [-0.2, 0) is 15.8 Å². The van der Waals surface area contributed by atoms with E-state index in [0.29, 0.717) is 13.1 Å². The Balaban J connectivity index is 1.69. The Labute approximate surface area is 151 Å². The molecule has 0 spiro atoms. The summed E-state index contributed by atoms with van der Waals surface area (Å²) < 4.78 is 27.2. The van der Waals surface area contributed by atoms with E-state index in [1.165, 1.54) is 16.8 Å². The molecule has 134 valence electrons. The first kappa shape index (κ1) is 18.0. The van der Waals surface area contributed by atoms with Crippen LogP contribution in [0.3, 0.4) is 0 Å². The molecule has 1 heterocycles. The van der Waals surface area contributed by atoms with E-state index in [1.54, 1.807) is 4.31 Å². The van der Waals surface area contributed by atoms with E-state index in [-0.39, 0.29) is 5.75 Å². The molecule has 0 bridgehead atoms. The molecular formula is C20H26N2O2S. The summed E-state index contributed by atoms with van der Waals surface area (Å²) in [5, 5.41) is 0. The van der Waals surface area contributed by atoms with E-state index >= 15 is 0 Å². The summed E-state index contributed by atoms with van der Waals surface area (Å²) in [5.74, 6) is 0.0865. The number of sulfonamides is 1. The Bertz CT molecular complexity index is 854. The molecular weight excluding hydrogens is 332 g/mol. The van der Waals surface area contributed by atoms with Gasteiger partial charge in [0.1, 0.15) is 0 Å². The molecule has 0 aliphatic carbocycles. The topological polar surface area (TPSA) is 40.6 Å². The highest BCUT2D eigenvalue weighted by Crippen LogP contribution is 2.25. The van der Waals surface area contributed by atoms with Gasteiger partial charge in [0.15, 0.2) is 0 Å². The van der Waals surface area contributed by atoms with Crippen molar-refractivity contribution in [3.05, 3.63) is 64.7 Å². The zero-order chi connectivity index (χ0) is 18.0. The van der Waals surface area contributed by atoms with Gasteiger partial charge in [-0.2, -0.15) is 4.31 Å². The van der Waals surface area contributed by atoms with Crippen molar-refractivity contribution >= 4 is 15.7 Å². The highest BCUT2D eigenvalue weighted by atomic mass is 32.2. The summed E-state index contributed by atoms with van der Waals surface area (Å²) in [6.07, 6.45) is 0. The predicted molar refractivity (Wildman–Crippen MR) is 104 cm³/mol. The molecule has 2 aromatic rings. The Kier molecular flexibility index (Phi) is 5.16. The van der Waals surface area contributed by atoms with Gasteiger partial charge in [-0.3, -0.25) is 0 Å². The van der Waals surface area contributed by atoms with Crippen LogP contribution in [0.2, 0.25) is 0 Å². The molecule has 5 heteroatoms. The summed E-state index contributed by atoms with van der Waals surface area (Å²) in [7, 11) is -3.28. The zero-order valence-corrected chi connectivity index (χ0v) is 16.0. The Hall–Kier alpha value is -1.85. The first-order valence-electron chi connectivity index (χ1n) is 8.72. The molecule has 0 atom stereocenters. The molecule has 4 nitrogen and oxygen atoms in total. The van der Waals surface area contributed by atoms with Crippen LogP contribution in [0.1, 0.15) is 22.3 Å². The van der Waals surface area contributed by atoms with Gasteiger partial charge in [0, 0.05) is 31.9 Å². The van der Waals surface area contributed by atoms with Crippen LogP contribution in [0.5, 0.6) is 0 Å². The molecule has 1 fully saturated rings. The second-order valence-corrected chi connectivity index (χ2v) is 8.76. The third-order valence-electron chi connectivity index (χ3n) is 5.15. The van der Waals surface area contributed by atoms with Crippen LogP contribution >= 0.6 is 0 Å². The van der Waals surface area contributed by atoms with E-state index in [1.807, 2.05) is 31.2 Å². The molecule has 0 N–H and O–H groups in total. The van der Waals surface area contributed by atoms with Crippen molar-refractivity contribution in [2.45, 2.75) is 26.5 Å². The van der Waals surface area contributed by atoms with Gasteiger partial charge in [-0.15, -0.1) is 0 Å². The molecule has 0 unspecified atom stereocenters. The van der Waals surface area contributed by atoms with Crippen LogP contribution in [0.4, 0.5) is 5.69 Å². The molecule has 0 aromatic heterocycles. The molecule has 3 rings (SSSR count). The van der Waals surface area contributed by atoms with Crippen molar-refractivity contribution in [3.8, 4) is 0 Å². The first-order valence-corrected chi connectivity index (χ1v) is 10.3. The Morgan fingerprint density at radius 2 is 1.48 bits per heavy atom. The molecule has 1 aliphatic rings. The number of rotatable bonds is 4. The predicted octanol–water partition coefficient (Wildman–Crippen LogP) is 3.26. The third-order valence-corrected chi connectivity index (χ3v) is 6.98. The average Bonchev–Trinajstić information content (AvgIpc) is 2.59. The number of anilines is 1. The Morgan fingerprint density at radius 1 is 0.840 bits per heavy atom. The van der Waals surface area contributed by atoms with E-state index < -0.39 is 10.0 Å². The second kappa shape index (κ2) is 7.18. The third kappa shape index (κ3) is 3.88. The van der Waals surface area contributed by atoms with E-state index in [9.17, 15) is 8.42 Å². The lowest BCUT2D eigenvalue weighted by Gasteiger charge is -2.36. The maximum absolute atomic E-state index is 12.8. The minimum Gasteiger partial charge on any atom is -0.369 e. The molecule has 2 aromatic carbocycles. The summed E-state index contributed by atoms with van der Waals surface area (Å²) in [5.41, 5.74) is 5.68. The number of hydrogen-bond donors (Lipinski definition) is 0. The van der Waals surface area contributed by atoms with Crippen LogP contribution < -0.4 is 4.90 Å². The van der Waals surface area contributed by atoms with Gasteiger partial charge in [0.25, 0.3) is 0 Å². The monoisotopic (exact) mass is 358 g/mol. The van der Waals surface area contributed by atoms with Crippen molar-refractivity contribution in [1.82, 2.24) is 4.31 Å². The standard InChI is InChI=1S/C20H26N2O2S/c1-16-8-6-10-20(18(16)3)21-11-13-22(14-12-21)25(23,24)15-19-9-5-4-7-17(19)2/h4-10H,11-15H2,1-3H3. The minimum absolute atomic E-state index is 0.0865.